The highest BCUT2D eigenvalue weighted by molar-refractivity contribution is 6.04. The predicted octanol–water partition coefficient (Wildman–Crippen LogP) is 6.61. The number of alkyl halides is 1. The van der Waals surface area contributed by atoms with Crippen LogP contribution in [0.25, 0.3) is 0 Å². The zero-order chi connectivity index (χ0) is 25.9. The zero-order valence-electron chi connectivity index (χ0n) is 21.3. The summed E-state index contributed by atoms with van der Waals surface area (Å²) in [4.78, 5) is 13.0. The second-order valence-electron chi connectivity index (χ2n) is 9.43. The van der Waals surface area contributed by atoms with Gasteiger partial charge in [-0.2, -0.15) is 0 Å². The Morgan fingerprint density at radius 1 is 1.08 bits per heavy atom. The molecule has 1 amide bonds. The van der Waals surface area contributed by atoms with Crippen LogP contribution in [0.5, 0.6) is 28.9 Å². The number of halogens is 1. The maximum Gasteiger partial charge on any atom is 0.291 e. The average molecular weight is 497 g/mol. The molecule has 3 aromatic rings. The summed E-state index contributed by atoms with van der Waals surface area (Å²) in [6, 6.07) is 10.5. The van der Waals surface area contributed by atoms with Gasteiger partial charge >= 0.3 is 0 Å². The molecule has 1 aliphatic rings. The van der Waals surface area contributed by atoms with Crippen molar-refractivity contribution in [3.8, 4) is 28.9 Å². The summed E-state index contributed by atoms with van der Waals surface area (Å²) in [5.41, 5.74) is 4.04. The van der Waals surface area contributed by atoms with Gasteiger partial charge in [-0.15, -0.1) is 0 Å². The van der Waals surface area contributed by atoms with Crippen molar-refractivity contribution in [2.45, 2.75) is 45.4 Å². The number of carbonyl (C=O) groups excluding carboxylic acids is 1. The van der Waals surface area contributed by atoms with Gasteiger partial charge in [-0.25, -0.2) is 4.39 Å². The first-order valence-electron chi connectivity index (χ1n) is 11.9. The number of methoxy groups -OCH3 is 2. The van der Waals surface area contributed by atoms with Crippen molar-refractivity contribution < 1.29 is 32.5 Å². The van der Waals surface area contributed by atoms with Gasteiger partial charge in [0.2, 0.25) is 0 Å². The number of ether oxygens (including phenoxy) is 4. The number of amides is 1. The maximum absolute atomic E-state index is 13.0. The molecule has 0 fully saturated rings. The van der Waals surface area contributed by atoms with Crippen LogP contribution in [-0.2, 0) is 11.8 Å². The summed E-state index contributed by atoms with van der Waals surface area (Å²) in [5, 5.41) is 2.75. The van der Waals surface area contributed by atoms with Crippen molar-refractivity contribution in [3.05, 3.63) is 58.8 Å². The number of nitrogens with one attached hydrogen (secondary N) is 1. The van der Waals surface area contributed by atoms with E-state index in [1.165, 1.54) is 31.8 Å². The number of hydrogen-bond acceptors (Lipinski definition) is 6. The molecule has 0 saturated carbocycles. The van der Waals surface area contributed by atoms with Crippen LogP contribution in [0.1, 0.15) is 53.9 Å². The van der Waals surface area contributed by atoms with E-state index in [0.29, 0.717) is 28.7 Å². The number of aryl methyl sites for hydroxylation is 2. The molecule has 0 unspecified atom stereocenters. The van der Waals surface area contributed by atoms with Gasteiger partial charge in [0.05, 0.1) is 14.2 Å². The first-order valence-corrected chi connectivity index (χ1v) is 11.9. The van der Waals surface area contributed by atoms with Crippen LogP contribution in [0.3, 0.4) is 0 Å². The number of fused-ring (bicyclic) bond motifs is 1. The second-order valence-corrected chi connectivity index (χ2v) is 9.43. The Balaban J connectivity index is 1.53. The molecule has 1 N–H and O–H groups in total. The Kier molecular flexibility index (Phi) is 7.43. The van der Waals surface area contributed by atoms with E-state index in [-0.39, 0.29) is 23.7 Å². The molecule has 0 bridgehead atoms. The van der Waals surface area contributed by atoms with Crippen LogP contribution in [0.15, 0.2) is 40.8 Å². The zero-order valence-corrected chi connectivity index (χ0v) is 21.3. The average Bonchev–Trinajstić information content (AvgIpc) is 3.32. The monoisotopic (exact) mass is 496 g/mol. The standard InChI is InChI=1S/C28H32FNO6/c1-17-13-18-7-6-10-28(2,3)20(18)16-22(17)36-25-9-8-21(35-25)27(31)30-26-23(32-4)14-19(34-12-11-29)15-24(26)33-5/h8-9,13-16H,6-7,10-12H2,1-5H3,(H,30,31)/i29-1. The third kappa shape index (κ3) is 5.27. The summed E-state index contributed by atoms with van der Waals surface area (Å²) in [6.45, 7) is 5.78. The number of rotatable bonds is 9. The number of hydrogen-bond donors (Lipinski definition) is 1. The summed E-state index contributed by atoms with van der Waals surface area (Å²) in [5.74, 6) is 1.42. The molecule has 7 nitrogen and oxygen atoms in total. The van der Waals surface area contributed by atoms with Gasteiger partial charge in [0, 0.05) is 18.2 Å². The Hall–Kier alpha value is -3.68. The molecule has 36 heavy (non-hydrogen) atoms. The predicted molar refractivity (Wildman–Crippen MR) is 135 cm³/mol. The van der Waals surface area contributed by atoms with Gasteiger partial charge in [0.15, 0.2) is 5.76 Å². The van der Waals surface area contributed by atoms with Crippen molar-refractivity contribution in [2.24, 2.45) is 0 Å². The van der Waals surface area contributed by atoms with Crippen LogP contribution in [0, 0.1) is 6.92 Å². The van der Waals surface area contributed by atoms with Gasteiger partial charge in [0.25, 0.3) is 11.9 Å². The molecule has 1 heterocycles. The van der Waals surface area contributed by atoms with Crippen molar-refractivity contribution in [1.82, 2.24) is 0 Å². The lowest BCUT2D eigenvalue weighted by atomic mass is 9.72. The topological polar surface area (TPSA) is 79.2 Å². The molecule has 0 saturated heterocycles. The van der Waals surface area contributed by atoms with Crippen molar-refractivity contribution in [1.29, 1.82) is 0 Å². The second kappa shape index (κ2) is 10.5. The fourth-order valence-corrected chi connectivity index (χ4v) is 4.58. The van der Waals surface area contributed by atoms with Gasteiger partial charge < -0.3 is 28.7 Å². The molecule has 8 heteroatoms. The molecule has 1 aliphatic carbocycles. The molecule has 192 valence electrons. The molecule has 1 aromatic heterocycles. The van der Waals surface area contributed by atoms with E-state index >= 15 is 0 Å². The lowest BCUT2D eigenvalue weighted by molar-refractivity contribution is 0.0991. The minimum atomic E-state index is -0.630. The smallest absolute Gasteiger partial charge is 0.291 e. The highest BCUT2D eigenvalue weighted by Crippen LogP contribution is 2.42. The number of furan rings is 1. The third-order valence-electron chi connectivity index (χ3n) is 6.46. The highest BCUT2D eigenvalue weighted by atomic mass is 18.2. The SMILES string of the molecule is COc1cc(OCC[18F])cc(OC)c1NC(=O)c1ccc(Oc2cc3c(cc2C)CCCC3(C)C)o1. The molecule has 0 radical (unpaired) electrons. The Bertz CT molecular complexity index is 1220. The van der Waals surface area contributed by atoms with Crippen molar-refractivity contribution >= 4 is 11.6 Å². The van der Waals surface area contributed by atoms with Crippen molar-refractivity contribution in [2.75, 3.05) is 32.8 Å². The number of carbonyl (C=O) groups is 1. The number of benzene rings is 2. The molecule has 0 aliphatic heterocycles. The van der Waals surface area contributed by atoms with E-state index in [1.54, 1.807) is 24.3 Å². The Labute approximate surface area is 210 Å². The lowest BCUT2D eigenvalue weighted by Crippen LogP contribution is -2.23. The normalized spacial score (nSPS) is 14.1. The molecular weight excluding hydrogens is 464 g/mol. The Morgan fingerprint density at radius 3 is 2.47 bits per heavy atom. The van der Waals surface area contributed by atoms with E-state index in [9.17, 15) is 9.18 Å². The van der Waals surface area contributed by atoms with E-state index < -0.39 is 12.6 Å². The lowest BCUT2D eigenvalue weighted by Gasteiger charge is -2.33. The van der Waals surface area contributed by atoms with Crippen LogP contribution in [-0.4, -0.2) is 33.4 Å². The molecule has 4 rings (SSSR count). The molecular formula is C28H32FNO6. The molecule has 0 atom stereocenters. The minimum Gasteiger partial charge on any atom is -0.494 e. The minimum absolute atomic E-state index is 0.0582. The fraction of sp³-hybridized carbons (Fsp3) is 0.393. The van der Waals surface area contributed by atoms with E-state index in [4.69, 9.17) is 23.4 Å². The maximum atomic E-state index is 13.0. The quantitative estimate of drug-likeness (QED) is 0.359. The van der Waals surface area contributed by atoms with Gasteiger partial charge in [-0.05, 0) is 60.4 Å². The van der Waals surface area contributed by atoms with E-state index in [2.05, 4.69) is 31.3 Å². The van der Waals surface area contributed by atoms with Gasteiger partial charge in [-0.3, -0.25) is 4.79 Å². The first-order chi connectivity index (χ1) is 17.2. The molecule has 0 spiro atoms. The van der Waals surface area contributed by atoms with Crippen LogP contribution >= 0.6 is 0 Å². The van der Waals surface area contributed by atoms with Crippen molar-refractivity contribution in [3.63, 3.8) is 0 Å². The summed E-state index contributed by atoms with van der Waals surface area (Å²) >= 11 is 0. The van der Waals surface area contributed by atoms with E-state index in [0.717, 1.165) is 18.4 Å². The van der Waals surface area contributed by atoms with Gasteiger partial charge in [0.1, 0.15) is 42.0 Å². The van der Waals surface area contributed by atoms with Gasteiger partial charge in [-0.1, -0.05) is 19.9 Å². The molecule has 2 aromatic carbocycles. The third-order valence-corrected chi connectivity index (χ3v) is 6.46. The van der Waals surface area contributed by atoms with E-state index in [1.807, 2.05) is 6.92 Å². The van der Waals surface area contributed by atoms with Crippen LogP contribution in [0.4, 0.5) is 10.1 Å². The van der Waals surface area contributed by atoms with Crippen LogP contribution in [0.2, 0.25) is 0 Å². The largest absolute Gasteiger partial charge is 0.494 e. The fourth-order valence-electron chi connectivity index (χ4n) is 4.58. The summed E-state index contributed by atoms with van der Waals surface area (Å²) in [7, 11) is 2.90. The Morgan fingerprint density at radius 2 is 1.81 bits per heavy atom. The summed E-state index contributed by atoms with van der Waals surface area (Å²) in [6.07, 6.45) is 3.38. The summed E-state index contributed by atoms with van der Waals surface area (Å²) < 4.78 is 40.3. The number of anilines is 1. The highest BCUT2D eigenvalue weighted by Gasteiger charge is 2.28. The van der Waals surface area contributed by atoms with Crippen LogP contribution < -0.4 is 24.3 Å². The first kappa shape index (κ1) is 25.4.